The fourth-order valence-electron chi connectivity index (χ4n) is 1.36. The third-order valence-electron chi connectivity index (χ3n) is 2.44. The third-order valence-corrected chi connectivity index (χ3v) is 3.79. The fourth-order valence-corrected chi connectivity index (χ4v) is 2.53. The molecule has 0 aliphatic heterocycles. The second-order valence-corrected chi connectivity index (χ2v) is 5.60. The molecule has 0 unspecified atom stereocenters. The van der Waals surface area contributed by atoms with Crippen LogP contribution < -0.4 is 0 Å². The maximum atomic E-state index is 12.0. The molecule has 1 atom stereocenters. The molecule has 0 saturated carbocycles. The van der Waals surface area contributed by atoms with Gasteiger partial charge in [0, 0.05) is 23.7 Å². The Morgan fingerprint density at radius 2 is 1.78 bits per heavy atom. The van der Waals surface area contributed by atoms with Gasteiger partial charge in [0.15, 0.2) is 0 Å². The quantitative estimate of drug-likeness (QED) is 0.798. The van der Waals surface area contributed by atoms with E-state index in [1.165, 1.54) is 0 Å². The highest BCUT2D eigenvalue weighted by molar-refractivity contribution is 7.85. The summed E-state index contributed by atoms with van der Waals surface area (Å²) in [5.74, 6) is 0.346. The van der Waals surface area contributed by atoms with Crippen molar-refractivity contribution in [3.8, 4) is 0 Å². The number of alkyl halides is 3. The Bertz CT molecular complexity index is 381. The van der Waals surface area contributed by atoms with Crippen molar-refractivity contribution in [2.75, 3.05) is 25.9 Å². The van der Waals surface area contributed by atoms with Crippen molar-refractivity contribution < 1.29 is 17.4 Å². The summed E-state index contributed by atoms with van der Waals surface area (Å²) < 4.78 is 47.8. The smallest absolute Gasteiger partial charge is 0.305 e. The first kappa shape index (κ1) is 15.2. The Balaban J connectivity index is 2.31. The van der Waals surface area contributed by atoms with Crippen LogP contribution in [0.2, 0.25) is 0 Å². The predicted molar refractivity (Wildman–Crippen MR) is 65.9 cm³/mol. The molecule has 0 aromatic heterocycles. The van der Waals surface area contributed by atoms with Gasteiger partial charge in [0.25, 0.3) is 0 Å². The topological polar surface area (TPSA) is 20.3 Å². The molecule has 0 aliphatic carbocycles. The summed E-state index contributed by atoms with van der Waals surface area (Å²) in [7, 11) is 0.453. The second-order valence-electron chi connectivity index (χ2n) is 4.03. The highest BCUT2D eigenvalue weighted by Crippen LogP contribution is 2.19. The second kappa shape index (κ2) is 6.89. The highest BCUT2D eigenvalue weighted by Gasteiger charge is 2.27. The summed E-state index contributed by atoms with van der Waals surface area (Å²) in [6.45, 7) is 0.326. The largest absolute Gasteiger partial charge is 0.390 e. The molecule has 1 aromatic rings. The SMILES string of the molecule is CN(CC[S@@](=O)c1ccccc1)CCC(F)(F)F. The molecular formula is C12H16F3NOS. The summed E-state index contributed by atoms with van der Waals surface area (Å²) in [6, 6.07) is 8.93. The van der Waals surface area contributed by atoms with Gasteiger partial charge >= 0.3 is 6.18 Å². The van der Waals surface area contributed by atoms with Crippen molar-refractivity contribution in [1.82, 2.24) is 4.90 Å². The highest BCUT2D eigenvalue weighted by atomic mass is 32.2. The minimum Gasteiger partial charge on any atom is -0.305 e. The Kier molecular flexibility index (Phi) is 5.81. The van der Waals surface area contributed by atoms with Crippen LogP contribution in [0.25, 0.3) is 0 Å². The Hall–Kier alpha value is -0.880. The first-order valence-corrected chi connectivity index (χ1v) is 6.89. The molecule has 0 N–H and O–H groups in total. The summed E-state index contributed by atoms with van der Waals surface area (Å²) in [5.41, 5.74) is 0. The molecule has 18 heavy (non-hydrogen) atoms. The van der Waals surface area contributed by atoms with Gasteiger partial charge in [-0.3, -0.25) is 4.21 Å². The molecule has 0 fully saturated rings. The van der Waals surface area contributed by atoms with E-state index >= 15 is 0 Å². The first-order chi connectivity index (χ1) is 8.38. The molecule has 1 rings (SSSR count). The molecule has 1 aromatic carbocycles. The minimum absolute atomic E-state index is 0.0600. The average Bonchev–Trinajstić information content (AvgIpc) is 2.33. The standard InChI is InChI=1S/C12H16F3NOS/c1-16(8-7-12(13,14)15)9-10-18(17)11-5-3-2-4-6-11/h2-6H,7-10H2,1H3/t18-/m1/s1. The normalized spacial score (nSPS) is 13.8. The summed E-state index contributed by atoms with van der Waals surface area (Å²) >= 11 is 0. The van der Waals surface area contributed by atoms with Crippen LogP contribution in [0, 0.1) is 0 Å². The van der Waals surface area contributed by atoms with Crippen molar-refractivity contribution in [3.05, 3.63) is 30.3 Å². The third kappa shape index (κ3) is 6.16. The molecule has 0 saturated heterocycles. The Morgan fingerprint density at radius 3 is 2.33 bits per heavy atom. The van der Waals surface area contributed by atoms with E-state index in [1.807, 2.05) is 6.07 Å². The number of halogens is 3. The maximum absolute atomic E-state index is 12.0. The number of rotatable bonds is 6. The molecule has 0 aliphatic rings. The van der Waals surface area contributed by atoms with Crippen molar-refractivity contribution in [2.24, 2.45) is 0 Å². The van der Waals surface area contributed by atoms with Gasteiger partial charge in [-0.15, -0.1) is 0 Å². The first-order valence-electron chi connectivity index (χ1n) is 5.57. The van der Waals surface area contributed by atoms with Crippen molar-refractivity contribution >= 4 is 10.8 Å². The van der Waals surface area contributed by atoms with Gasteiger partial charge in [-0.05, 0) is 19.2 Å². The van der Waals surface area contributed by atoms with Gasteiger partial charge in [0.2, 0.25) is 0 Å². The number of benzene rings is 1. The number of hydrogen-bond donors (Lipinski definition) is 0. The van der Waals surface area contributed by atoms with Gasteiger partial charge in [0.05, 0.1) is 17.2 Å². The van der Waals surface area contributed by atoms with Crippen LogP contribution >= 0.6 is 0 Å². The van der Waals surface area contributed by atoms with E-state index in [9.17, 15) is 17.4 Å². The Morgan fingerprint density at radius 1 is 1.17 bits per heavy atom. The molecule has 0 spiro atoms. The van der Waals surface area contributed by atoms with E-state index in [-0.39, 0.29) is 6.54 Å². The Labute approximate surface area is 107 Å². The monoisotopic (exact) mass is 279 g/mol. The van der Waals surface area contributed by atoms with Gasteiger partial charge in [0.1, 0.15) is 0 Å². The van der Waals surface area contributed by atoms with E-state index in [0.29, 0.717) is 17.2 Å². The summed E-state index contributed by atoms with van der Waals surface area (Å²) in [6.07, 6.45) is -4.96. The molecule has 0 amide bonds. The minimum atomic E-state index is -4.13. The summed E-state index contributed by atoms with van der Waals surface area (Å²) in [5, 5.41) is 0. The molecule has 2 nitrogen and oxygen atoms in total. The van der Waals surface area contributed by atoms with Crippen LogP contribution in [0.15, 0.2) is 35.2 Å². The zero-order chi connectivity index (χ0) is 13.6. The summed E-state index contributed by atoms with van der Waals surface area (Å²) in [4.78, 5) is 2.26. The van der Waals surface area contributed by atoms with Crippen molar-refractivity contribution in [3.63, 3.8) is 0 Å². The van der Waals surface area contributed by atoms with Crippen LogP contribution in [-0.4, -0.2) is 41.2 Å². The van der Waals surface area contributed by atoms with Crippen LogP contribution in [0.4, 0.5) is 13.2 Å². The van der Waals surface area contributed by atoms with E-state index in [1.54, 1.807) is 36.2 Å². The molecule has 6 heteroatoms. The lowest BCUT2D eigenvalue weighted by Gasteiger charge is -2.17. The molecule has 0 heterocycles. The van der Waals surface area contributed by atoms with Crippen LogP contribution in [0.1, 0.15) is 6.42 Å². The maximum Gasteiger partial charge on any atom is 0.390 e. The molecule has 0 bridgehead atoms. The van der Waals surface area contributed by atoms with Gasteiger partial charge < -0.3 is 4.90 Å². The van der Waals surface area contributed by atoms with E-state index < -0.39 is 23.4 Å². The lowest BCUT2D eigenvalue weighted by Crippen LogP contribution is -2.28. The number of hydrogen-bond acceptors (Lipinski definition) is 2. The van der Waals surface area contributed by atoms with Crippen LogP contribution in [0.5, 0.6) is 0 Å². The molecule has 0 radical (unpaired) electrons. The van der Waals surface area contributed by atoms with Gasteiger partial charge in [-0.2, -0.15) is 13.2 Å². The van der Waals surface area contributed by atoms with Gasteiger partial charge in [-0.25, -0.2) is 0 Å². The van der Waals surface area contributed by atoms with E-state index in [2.05, 4.69) is 0 Å². The zero-order valence-corrected chi connectivity index (χ0v) is 10.9. The lowest BCUT2D eigenvalue weighted by molar-refractivity contribution is -0.137. The fraction of sp³-hybridized carbons (Fsp3) is 0.500. The molecular weight excluding hydrogens is 263 g/mol. The van der Waals surface area contributed by atoms with Crippen LogP contribution in [-0.2, 0) is 10.8 Å². The van der Waals surface area contributed by atoms with Gasteiger partial charge in [-0.1, -0.05) is 18.2 Å². The van der Waals surface area contributed by atoms with Crippen molar-refractivity contribution in [1.29, 1.82) is 0 Å². The van der Waals surface area contributed by atoms with Crippen molar-refractivity contribution in [2.45, 2.75) is 17.5 Å². The lowest BCUT2D eigenvalue weighted by atomic mass is 10.4. The predicted octanol–water partition coefficient (Wildman–Crippen LogP) is 2.68. The van der Waals surface area contributed by atoms with Crippen LogP contribution in [0.3, 0.4) is 0 Å². The number of nitrogens with zero attached hydrogens (tertiary/aromatic N) is 1. The average molecular weight is 279 g/mol. The zero-order valence-electron chi connectivity index (χ0n) is 10.1. The van der Waals surface area contributed by atoms with E-state index in [4.69, 9.17) is 0 Å². The van der Waals surface area contributed by atoms with E-state index in [0.717, 1.165) is 0 Å². The molecule has 102 valence electrons.